The number of ether oxygens (including phenoxy) is 1. The number of rotatable bonds is 3. The average molecular weight is 356 g/mol. The molecule has 2 heterocycles. The molecule has 21 heavy (non-hydrogen) atoms. The minimum atomic E-state index is -0.580. The van der Waals surface area contributed by atoms with E-state index in [0.29, 0.717) is 0 Å². The van der Waals surface area contributed by atoms with Crippen LogP contribution in [0.25, 0.3) is 9.88 Å². The number of halogens is 2. The third-order valence-electron chi connectivity index (χ3n) is 2.56. The van der Waals surface area contributed by atoms with Crippen LogP contribution < -0.4 is 4.74 Å². The molecule has 0 spiro atoms. The van der Waals surface area contributed by atoms with Crippen LogP contribution in [0.2, 0.25) is 10.0 Å². The monoisotopic (exact) mass is 355 g/mol. The lowest BCUT2D eigenvalue weighted by atomic mass is 10.3. The summed E-state index contributed by atoms with van der Waals surface area (Å²) in [5, 5.41) is 4.96. The summed E-state index contributed by atoms with van der Waals surface area (Å²) in [6.07, 6.45) is 0. The first kappa shape index (κ1) is 14.5. The van der Waals surface area contributed by atoms with Crippen molar-refractivity contribution in [1.29, 1.82) is 0 Å². The minimum absolute atomic E-state index is 0.150. The van der Waals surface area contributed by atoms with E-state index in [1.807, 2.05) is 17.5 Å². The second-order valence-corrected chi connectivity index (χ2v) is 6.58. The first-order valence-corrected chi connectivity index (χ1v) is 8.32. The van der Waals surface area contributed by atoms with Gasteiger partial charge in [-0.05, 0) is 23.6 Å². The number of hydrogen-bond donors (Lipinski definition) is 0. The second-order valence-electron chi connectivity index (χ2n) is 3.96. The molecule has 106 valence electrons. The van der Waals surface area contributed by atoms with Crippen LogP contribution in [0.1, 0.15) is 10.5 Å². The molecular weight excluding hydrogens is 349 g/mol. The Balaban J connectivity index is 1.83. The molecule has 3 rings (SSSR count). The normalized spacial score (nSPS) is 10.6. The summed E-state index contributed by atoms with van der Waals surface area (Å²) in [7, 11) is 0. The fourth-order valence-electron chi connectivity index (χ4n) is 1.61. The average Bonchev–Trinajstić information content (AvgIpc) is 3.12. The SMILES string of the molecule is O=C(Oc1c(Cl)cccc1Cl)c1csc(-c2cccs2)n1. The van der Waals surface area contributed by atoms with Gasteiger partial charge in [0.25, 0.3) is 0 Å². The number of aromatic nitrogens is 1. The predicted octanol–water partition coefficient (Wildman–Crippen LogP) is 5.40. The Morgan fingerprint density at radius 1 is 1.10 bits per heavy atom. The Kier molecular flexibility index (Phi) is 4.26. The van der Waals surface area contributed by atoms with Crippen molar-refractivity contribution in [2.75, 3.05) is 0 Å². The summed E-state index contributed by atoms with van der Waals surface area (Å²) in [4.78, 5) is 17.4. The maximum absolute atomic E-state index is 12.1. The molecule has 0 saturated heterocycles. The number of carbonyl (C=O) groups excluding carboxylic acids is 1. The van der Waals surface area contributed by atoms with Gasteiger partial charge in [-0.2, -0.15) is 0 Å². The Hall–Kier alpha value is -1.40. The molecule has 0 atom stereocenters. The number of benzene rings is 1. The molecule has 0 bridgehead atoms. The lowest BCUT2D eigenvalue weighted by Gasteiger charge is -2.06. The van der Waals surface area contributed by atoms with Crippen LogP contribution >= 0.6 is 45.9 Å². The topological polar surface area (TPSA) is 39.2 Å². The van der Waals surface area contributed by atoms with E-state index in [4.69, 9.17) is 27.9 Å². The summed E-state index contributed by atoms with van der Waals surface area (Å²) >= 11 is 14.9. The maximum Gasteiger partial charge on any atom is 0.363 e. The lowest BCUT2D eigenvalue weighted by Crippen LogP contribution is -2.09. The van der Waals surface area contributed by atoms with Crippen LogP contribution in [0.3, 0.4) is 0 Å². The zero-order valence-corrected chi connectivity index (χ0v) is 13.5. The molecule has 0 saturated carbocycles. The highest BCUT2D eigenvalue weighted by atomic mass is 35.5. The molecule has 0 N–H and O–H groups in total. The highest BCUT2D eigenvalue weighted by Crippen LogP contribution is 2.33. The number of para-hydroxylation sites is 1. The van der Waals surface area contributed by atoms with E-state index in [1.54, 1.807) is 34.9 Å². The van der Waals surface area contributed by atoms with E-state index in [9.17, 15) is 4.79 Å². The molecule has 1 aromatic carbocycles. The van der Waals surface area contributed by atoms with Crippen molar-refractivity contribution in [3.63, 3.8) is 0 Å². The molecule has 0 aliphatic rings. The zero-order valence-electron chi connectivity index (χ0n) is 10.4. The molecule has 0 amide bonds. The minimum Gasteiger partial charge on any atom is -0.419 e. The molecule has 3 aromatic rings. The van der Waals surface area contributed by atoms with E-state index in [0.717, 1.165) is 9.88 Å². The molecule has 7 heteroatoms. The zero-order chi connectivity index (χ0) is 14.8. The number of nitrogens with zero attached hydrogens (tertiary/aromatic N) is 1. The predicted molar refractivity (Wildman–Crippen MR) is 86.8 cm³/mol. The summed E-state index contributed by atoms with van der Waals surface area (Å²) in [5.74, 6) is -0.430. The quantitative estimate of drug-likeness (QED) is 0.466. The number of carbonyl (C=O) groups is 1. The van der Waals surface area contributed by atoms with E-state index in [2.05, 4.69) is 4.98 Å². The van der Waals surface area contributed by atoms with Crippen molar-refractivity contribution in [3.8, 4) is 15.6 Å². The Morgan fingerprint density at radius 3 is 2.52 bits per heavy atom. The molecule has 0 radical (unpaired) electrons. The van der Waals surface area contributed by atoms with Crippen LogP contribution in [0.15, 0.2) is 41.1 Å². The number of thiazole rings is 1. The van der Waals surface area contributed by atoms with Crippen molar-refractivity contribution in [2.45, 2.75) is 0 Å². The molecule has 0 fully saturated rings. The van der Waals surface area contributed by atoms with Gasteiger partial charge in [0, 0.05) is 5.38 Å². The Labute approximate surface area is 138 Å². The van der Waals surface area contributed by atoms with Crippen LogP contribution in [0.5, 0.6) is 5.75 Å². The van der Waals surface area contributed by atoms with E-state index in [-0.39, 0.29) is 21.5 Å². The summed E-state index contributed by atoms with van der Waals surface area (Å²) < 4.78 is 5.24. The van der Waals surface area contributed by atoms with Gasteiger partial charge in [0.15, 0.2) is 11.4 Å². The highest BCUT2D eigenvalue weighted by molar-refractivity contribution is 7.20. The first-order chi connectivity index (χ1) is 10.1. The third kappa shape index (κ3) is 3.11. The fourth-order valence-corrected chi connectivity index (χ4v) is 3.68. The van der Waals surface area contributed by atoms with Gasteiger partial charge in [0.05, 0.1) is 14.9 Å². The molecule has 0 unspecified atom stereocenters. The fraction of sp³-hybridized carbons (Fsp3) is 0. The Bertz CT molecular complexity index is 764. The van der Waals surface area contributed by atoms with E-state index >= 15 is 0 Å². The van der Waals surface area contributed by atoms with Gasteiger partial charge in [-0.25, -0.2) is 9.78 Å². The number of hydrogen-bond acceptors (Lipinski definition) is 5. The number of thiophene rings is 1. The summed E-state index contributed by atoms with van der Waals surface area (Å²) in [5.41, 5.74) is 0.236. The third-order valence-corrected chi connectivity index (χ3v) is 5.04. The molecule has 0 aliphatic carbocycles. The van der Waals surface area contributed by atoms with Crippen molar-refractivity contribution in [3.05, 3.63) is 56.8 Å². The number of esters is 1. The summed E-state index contributed by atoms with van der Waals surface area (Å²) in [6, 6.07) is 8.77. The van der Waals surface area contributed by atoms with E-state index in [1.165, 1.54) is 11.3 Å². The van der Waals surface area contributed by atoms with Crippen LogP contribution in [0.4, 0.5) is 0 Å². The van der Waals surface area contributed by atoms with Crippen molar-refractivity contribution in [1.82, 2.24) is 4.98 Å². The first-order valence-electron chi connectivity index (χ1n) is 5.81. The molecule has 3 nitrogen and oxygen atoms in total. The smallest absolute Gasteiger partial charge is 0.363 e. The van der Waals surface area contributed by atoms with Gasteiger partial charge in [0.1, 0.15) is 5.01 Å². The molecule has 2 aromatic heterocycles. The van der Waals surface area contributed by atoms with Crippen LogP contribution in [0, 0.1) is 0 Å². The molecule has 0 aliphatic heterocycles. The Morgan fingerprint density at radius 2 is 1.86 bits per heavy atom. The molecular formula is C14H7Cl2NO2S2. The van der Waals surface area contributed by atoms with Crippen molar-refractivity contribution >= 4 is 51.8 Å². The van der Waals surface area contributed by atoms with Crippen molar-refractivity contribution < 1.29 is 9.53 Å². The lowest BCUT2D eigenvalue weighted by molar-refractivity contribution is 0.0729. The largest absolute Gasteiger partial charge is 0.419 e. The van der Waals surface area contributed by atoms with Gasteiger partial charge < -0.3 is 4.74 Å². The maximum atomic E-state index is 12.1. The van der Waals surface area contributed by atoms with Crippen LogP contribution in [-0.4, -0.2) is 11.0 Å². The van der Waals surface area contributed by atoms with Gasteiger partial charge >= 0.3 is 5.97 Å². The van der Waals surface area contributed by atoms with Gasteiger partial charge in [-0.1, -0.05) is 35.3 Å². The second kappa shape index (κ2) is 6.15. The summed E-state index contributed by atoms with van der Waals surface area (Å²) in [6.45, 7) is 0. The van der Waals surface area contributed by atoms with Gasteiger partial charge in [-0.3, -0.25) is 0 Å². The van der Waals surface area contributed by atoms with E-state index < -0.39 is 5.97 Å². The van der Waals surface area contributed by atoms with Crippen LogP contribution in [-0.2, 0) is 0 Å². The standard InChI is InChI=1S/C14H7Cl2NO2S2/c15-8-3-1-4-9(16)12(8)19-14(18)10-7-21-13(17-10)11-5-2-6-20-11/h1-7H. The van der Waals surface area contributed by atoms with Gasteiger partial charge in [0.2, 0.25) is 0 Å². The highest BCUT2D eigenvalue weighted by Gasteiger charge is 2.17. The van der Waals surface area contributed by atoms with Crippen molar-refractivity contribution in [2.24, 2.45) is 0 Å². The van der Waals surface area contributed by atoms with Gasteiger partial charge in [-0.15, -0.1) is 22.7 Å².